The lowest BCUT2D eigenvalue weighted by molar-refractivity contribution is -0.887. The molecular weight excluding hydrogens is 438 g/mol. The number of rotatable bonds is 13. The van der Waals surface area contributed by atoms with E-state index in [0.29, 0.717) is 0 Å². The normalized spacial score (nSPS) is 11.8. The van der Waals surface area contributed by atoms with Gasteiger partial charge in [-0.2, -0.15) is 0 Å². The summed E-state index contributed by atoms with van der Waals surface area (Å²) in [6.45, 7) is 6.69. The van der Waals surface area contributed by atoms with E-state index in [2.05, 4.69) is 36.9 Å². The maximum absolute atomic E-state index is 10.4. The van der Waals surface area contributed by atoms with Gasteiger partial charge in [0.2, 0.25) is 0 Å². The van der Waals surface area contributed by atoms with E-state index < -0.39 is 10.1 Å². The molecule has 0 aliphatic carbocycles. The van der Waals surface area contributed by atoms with Crippen molar-refractivity contribution in [3.8, 4) is 0 Å². The summed E-state index contributed by atoms with van der Waals surface area (Å²) in [5.41, 5.74) is 0.928. The van der Waals surface area contributed by atoms with Crippen LogP contribution in [0.25, 0.3) is 0 Å². The molecule has 0 aromatic heterocycles. The molecular formula is C22H40BrNO3S. The molecule has 28 heavy (non-hydrogen) atoms. The monoisotopic (exact) mass is 477 g/mol. The van der Waals surface area contributed by atoms with Crippen molar-refractivity contribution in [1.29, 1.82) is 0 Å². The van der Waals surface area contributed by atoms with Gasteiger partial charge in [-0.15, -0.1) is 0 Å². The Hall–Kier alpha value is -0.430. The van der Waals surface area contributed by atoms with Gasteiger partial charge in [-0.1, -0.05) is 85.5 Å². The Morgan fingerprint density at radius 2 is 1.32 bits per heavy atom. The second-order valence-corrected chi connectivity index (χ2v) is 10.3. The SMILES string of the molecule is CCCCCCCCCCC[N+](C)(C)CCBr.Cc1ccc(S(=O)(=O)[O-])cc1. The van der Waals surface area contributed by atoms with Crippen LogP contribution in [-0.4, -0.2) is 50.0 Å². The lowest BCUT2D eigenvalue weighted by atomic mass is 10.1. The molecule has 1 rings (SSSR count). The van der Waals surface area contributed by atoms with Crippen LogP contribution >= 0.6 is 15.9 Å². The van der Waals surface area contributed by atoms with Crippen LogP contribution in [0.5, 0.6) is 0 Å². The maximum atomic E-state index is 10.4. The van der Waals surface area contributed by atoms with Crippen molar-refractivity contribution in [2.45, 2.75) is 76.5 Å². The topological polar surface area (TPSA) is 57.2 Å². The fourth-order valence-electron chi connectivity index (χ4n) is 2.90. The van der Waals surface area contributed by atoms with E-state index in [4.69, 9.17) is 0 Å². The molecule has 0 aliphatic rings. The Bertz CT molecular complexity index is 601. The zero-order valence-corrected chi connectivity index (χ0v) is 20.7. The Labute approximate surface area is 182 Å². The van der Waals surface area contributed by atoms with Crippen molar-refractivity contribution in [3.63, 3.8) is 0 Å². The van der Waals surface area contributed by atoms with Crippen molar-refractivity contribution in [2.24, 2.45) is 0 Å². The third-order valence-corrected chi connectivity index (χ3v) is 6.07. The second kappa shape index (κ2) is 15.4. The molecule has 0 saturated carbocycles. The number of quaternary nitrogens is 1. The number of hydrogen-bond donors (Lipinski definition) is 0. The van der Waals surface area contributed by atoms with E-state index in [0.717, 1.165) is 10.9 Å². The minimum absolute atomic E-state index is 0.178. The molecule has 1 aromatic carbocycles. The Kier molecular flexibility index (Phi) is 15.2. The van der Waals surface area contributed by atoms with Gasteiger partial charge in [0, 0.05) is 0 Å². The zero-order valence-electron chi connectivity index (χ0n) is 18.3. The number of alkyl halides is 1. The molecule has 4 nitrogen and oxygen atoms in total. The first-order chi connectivity index (χ1) is 13.1. The standard InChI is InChI=1S/C15H33BrN.C7H8O3S/c1-4-5-6-7-8-9-10-11-12-14-17(2,3)15-13-16;1-6-2-4-7(5-3-6)11(8,9)10/h4-15H2,1-3H3;2-5H,1H3,(H,8,9,10)/q+1;/p-1. The Morgan fingerprint density at radius 3 is 1.75 bits per heavy atom. The smallest absolute Gasteiger partial charge is 0.124 e. The van der Waals surface area contributed by atoms with E-state index in [1.54, 1.807) is 12.1 Å². The quantitative estimate of drug-likeness (QED) is 0.154. The summed E-state index contributed by atoms with van der Waals surface area (Å²) in [7, 11) is 0.409. The average molecular weight is 479 g/mol. The molecule has 0 amide bonds. The summed E-state index contributed by atoms with van der Waals surface area (Å²) in [6.07, 6.45) is 12.9. The van der Waals surface area contributed by atoms with Gasteiger partial charge in [-0.05, 0) is 31.9 Å². The van der Waals surface area contributed by atoms with Crippen LogP contribution in [0.4, 0.5) is 0 Å². The number of aryl methyl sites for hydroxylation is 1. The molecule has 0 N–H and O–H groups in total. The predicted octanol–water partition coefficient (Wildman–Crippen LogP) is 5.89. The van der Waals surface area contributed by atoms with E-state index in [1.165, 1.54) is 87.5 Å². The summed E-state index contributed by atoms with van der Waals surface area (Å²) in [5.74, 6) is 0. The molecule has 0 atom stereocenters. The highest BCUT2D eigenvalue weighted by atomic mass is 79.9. The Morgan fingerprint density at radius 1 is 0.857 bits per heavy atom. The van der Waals surface area contributed by atoms with E-state index >= 15 is 0 Å². The third-order valence-electron chi connectivity index (χ3n) is 4.87. The van der Waals surface area contributed by atoms with Crippen molar-refractivity contribution in [2.75, 3.05) is 32.5 Å². The molecule has 0 heterocycles. The fourth-order valence-corrected chi connectivity index (χ4v) is 4.33. The summed E-state index contributed by atoms with van der Waals surface area (Å²) in [6, 6.07) is 5.78. The lowest BCUT2D eigenvalue weighted by Crippen LogP contribution is -2.41. The highest BCUT2D eigenvalue weighted by Gasteiger charge is 2.12. The van der Waals surface area contributed by atoms with Gasteiger partial charge in [0.25, 0.3) is 0 Å². The van der Waals surface area contributed by atoms with Crippen LogP contribution in [0, 0.1) is 6.92 Å². The molecule has 0 fully saturated rings. The summed E-state index contributed by atoms with van der Waals surface area (Å²) < 4.78 is 32.3. The van der Waals surface area contributed by atoms with Gasteiger partial charge in [0.05, 0.1) is 37.4 Å². The molecule has 0 radical (unpaired) electrons. The van der Waals surface area contributed by atoms with Gasteiger partial charge in [-0.25, -0.2) is 8.42 Å². The summed E-state index contributed by atoms with van der Waals surface area (Å²) in [4.78, 5) is -0.178. The average Bonchev–Trinajstić information content (AvgIpc) is 2.60. The fraction of sp³-hybridized carbons (Fsp3) is 0.727. The Balaban J connectivity index is 0.000000567. The van der Waals surface area contributed by atoms with Crippen LogP contribution < -0.4 is 0 Å². The minimum atomic E-state index is -4.27. The molecule has 0 bridgehead atoms. The lowest BCUT2D eigenvalue weighted by Gasteiger charge is -2.29. The molecule has 164 valence electrons. The molecule has 0 aliphatic heterocycles. The van der Waals surface area contributed by atoms with E-state index in [-0.39, 0.29) is 4.90 Å². The van der Waals surface area contributed by atoms with Crippen molar-refractivity contribution >= 4 is 26.0 Å². The van der Waals surface area contributed by atoms with Gasteiger partial charge >= 0.3 is 0 Å². The van der Waals surface area contributed by atoms with Crippen molar-refractivity contribution in [3.05, 3.63) is 29.8 Å². The summed E-state index contributed by atoms with van der Waals surface area (Å²) >= 11 is 3.53. The van der Waals surface area contributed by atoms with Gasteiger partial charge in [-0.3, -0.25) is 0 Å². The molecule has 1 aromatic rings. The van der Waals surface area contributed by atoms with Gasteiger partial charge in [0.1, 0.15) is 10.1 Å². The van der Waals surface area contributed by atoms with Crippen molar-refractivity contribution < 1.29 is 17.5 Å². The number of hydrogen-bond acceptors (Lipinski definition) is 3. The largest absolute Gasteiger partial charge is 0.744 e. The third kappa shape index (κ3) is 15.5. The number of halogens is 1. The number of nitrogens with zero attached hydrogens (tertiary/aromatic N) is 1. The second-order valence-electron chi connectivity index (χ2n) is 8.17. The van der Waals surface area contributed by atoms with Crippen LogP contribution in [0.15, 0.2) is 29.2 Å². The molecule has 0 saturated heterocycles. The number of benzene rings is 1. The van der Waals surface area contributed by atoms with Crippen molar-refractivity contribution in [1.82, 2.24) is 0 Å². The molecule has 6 heteroatoms. The van der Waals surface area contributed by atoms with Gasteiger partial charge < -0.3 is 9.04 Å². The zero-order chi connectivity index (χ0) is 21.5. The highest BCUT2D eigenvalue weighted by molar-refractivity contribution is 9.09. The number of unbranched alkanes of at least 4 members (excludes halogenated alkanes) is 8. The molecule has 0 spiro atoms. The van der Waals surface area contributed by atoms with Gasteiger partial charge in [0.15, 0.2) is 0 Å². The predicted molar refractivity (Wildman–Crippen MR) is 122 cm³/mol. The van der Waals surface area contributed by atoms with Crippen LogP contribution in [0.2, 0.25) is 0 Å². The van der Waals surface area contributed by atoms with Crippen LogP contribution in [0.3, 0.4) is 0 Å². The molecule has 0 unspecified atom stereocenters. The first-order valence-corrected chi connectivity index (χ1v) is 13.1. The van der Waals surface area contributed by atoms with E-state index in [9.17, 15) is 13.0 Å². The maximum Gasteiger partial charge on any atom is 0.124 e. The highest BCUT2D eigenvalue weighted by Crippen LogP contribution is 2.11. The minimum Gasteiger partial charge on any atom is -0.744 e. The van der Waals surface area contributed by atoms with Crippen LogP contribution in [-0.2, 0) is 10.1 Å². The van der Waals surface area contributed by atoms with Crippen LogP contribution in [0.1, 0.15) is 70.3 Å². The first-order valence-electron chi connectivity index (χ1n) is 10.5. The van der Waals surface area contributed by atoms with E-state index in [1.807, 2.05) is 6.92 Å². The first kappa shape index (κ1) is 27.6. The summed E-state index contributed by atoms with van der Waals surface area (Å²) in [5, 5.41) is 1.12.